The van der Waals surface area contributed by atoms with Gasteiger partial charge in [0.15, 0.2) is 5.15 Å². The van der Waals surface area contributed by atoms with Gasteiger partial charge < -0.3 is 0 Å². The van der Waals surface area contributed by atoms with E-state index in [1.165, 1.54) is 6.07 Å². The molecule has 0 fully saturated rings. The SMILES string of the molecule is Cc1cc(Cl)nc(Cl)c1NS(=O)(=O)CCS(C)(=O)=O. The molecule has 1 heterocycles. The Hall–Kier alpha value is -0.570. The molecule has 0 saturated heterocycles. The molecule has 0 aromatic carbocycles. The molecule has 0 saturated carbocycles. The second-order valence-electron chi connectivity index (χ2n) is 3.98. The number of pyridine rings is 1. The molecule has 10 heteroatoms. The molecule has 0 aliphatic heterocycles. The van der Waals surface area contributed by atoms with E-state index in [1.807, 2.05) is 0 Å². The van der Waals surface area contributed by atoms with Crippen molar-refractivity contribution in [2.45, 2.75) is 6.92 Å². The van der Waals surface area contributed by atoms with Crippen LogP contribution in [-0.2, 0) is 19.9 Å². The van der Waals surface area contributed by atoms with Crippen LogP contribution in [0, 0.1) is 6.92 Å². The van der Waals surface area contributed by atoms with Gasteiger partial charge in [-0.05, 0) is 18.6 Å². The van der Waals surface area contributed by atoms with E-state index in [-0.39, 0.29) is 16.0 Å². The Labute approximate surface area is 122 Å². The minimum absolute atomic E-state index is 0.0899. The van der Waals surface area contributed by atoms with Crippen molar-refractivity contribution < 1.29 is 16.8 Å². The lowest BCUT2D eigenvalue weighted by Gasteiger charge is -2.11. The summed E-state index contributed by atoms with van der Waals surface area (Å²) in [7, 11) is -7.19. The molecule has 0 unspecified atom stereocenters. The van der Waals surface area contributed by atoms with Crippen molar-refractivity contribution in [2.75, 3.05) is 22.5 Å². The summed E-state index contributed by atoms with van der Waals surface area (Å²) >= 11 is 11.5. The highest BCUT2D eigenvalue weighted by molar-refractivity contribution is 7.95. The molecule has 0 aliphatic carbocycles. The van der Waals surface area contributed by atoms with E-state index in [2.05, 4.69) is 9.71 Å². The van der Waals surface area contributed by atoms with E-state index >= 15 is 0 Å². The number of sulfone groups is 1. The monoisotopic (exact) mass is 346 g/mol. The molecular formula is C9H12Cl2N2O4S2. The number of nitrogens with zero attached hydrogens (tertiary/aromatic N) is 1. The van der Waals surface area contributed by atoms with Crippen LogP contribution >= 0.6 is 23.2 Å². The number of anilines is 1. The van der Waals surface area contributed by atoms with Crippen molar-refractivity contribution in [3.8, 4) is 0 Å². The van der Waals surface area contributed by atoms with E-state index in [0.29, 0.717) is 5.56 Å². The van der Waals surface area contributed by atoms with Gasteiger partial charge >= 0.3 is 0 Å². The number of aryl methyl sites for hydroxylation is 1. The summed E-state index contributed by atoms with van der Waals surface area (Å²) in [4.78, 5) is 3.71. The van der Waals surface area contributed by atoms with Crippen LogP contribution in [0.5, 0.6) is 0 Å². The molecule has 0 bridgehead atoms. The highest BCUT2D eigenvalue weighted by Crippen LogP contribution is 2.27. The summed E-state index contributed by atoms with van der Waals surface area (Å²) < 4.78 is 47.6. The number of sulfonamides is 1. The van der Waals surface area contributed by atoms with Crippen LogP contribution in [-0.4, -0.2) is 39.6 Å². The zero-order valence-corrected chi connectivity index (χ0v) is 13.3. The van der Waals surface area contributed by atoms with Gasteiger partial charge in [0.1, 0.15) is 15.0 Å². The van der Waals surface area contributed by atoms with Crippen LogP contribution in [0.25, 0.3) is 0 Å². The first-order valence-electron chi connectivity index (χ1n) is 5.01. The number of hydrogen-bond acceptors (Lipinski definition) is 5. The summed E-state index contributed by atoms with van der Waals surface area (Å²) in [5.74, 6) is -1.02. The van der Waals surface area contributed by atoms with Crippen LogP contribution in [0.4, 0.5) is 5.69 Å². The Morgan fingerprint density at radius 3 is 2.26 bits per heavy atom. The molecule has 0 spiro atoms. The average Bonchev–Trinajstić information content (AvgIpc) is 2.20. The minimum Gasteiger partial charge on any atom is -0.280 e. The molecule has 0 amide bonds. The van der Waals surface area contributed by atoms with Crippen LogP contribution < -0.4 is 4.72 Å². The molecule has 1 aromatic heterocycles. The second kappa shape index (κ2) is 5.82. The number of rotatable bonds is 5. The molecule has 0 aliphatic rings. The predicted molar refractivity (Wildman–Crippen MR) is 76.1 cm³/mol. The Bertz CT molecular complexity index is 663. The highest BCUT2D eigenvalue weighted by atomic mass is 35.5. The van der Waals surface area contributed by atoms with Crippen LogP contribution in [0.15, 0.2) is 6.07 Å². The fourth-order valence-corrected chi connectivity index (χ4v) is 4.58. The van der Waals surface area contributed by atoms with Crippen molar-refractivity contribution in [3.05, 3.63) is 21.9 Å². The molecule has 1 rings (SSSR count). The Morgan fingerprint density at radius 1 is 1.21 bits per heavy atom. The Balaban J connectivity index is 2.96. The number of hydrogen-bond donors (Lipinski definition) is 1. The van der Waals surface area contributed by atoms with Crippen molar-refractivity contribution in [1.82, 2.24) is 4.98 Å². The molecule has 108 valence electrons. The first kappa shape index (κ1) is 16.5. The van der Waals surface area contributed by atoms with Crippen molar-refractivity contribution >= 4 is 48.7 Å². The zero-order chi connectivity index (χ0) is 14.8. The van der Waals surface area contributed by atoms with Gasteiger partial charge in [-0.1, -0.05) is 23.2 Å². The van der Waals surface area contributed by atoms with Gasteiger partial charge in [-0.25, -0.2) is 21.8 Å². The predicted octanol–water partition coefficient (Wildman–Crippen LogP) is 1.48. The normalized spacial score (nSPS) is 12.4. The third-order valence-corrected chi connectivity index (χ3v) is 5.05. The van der Waals surface area contributed by atoms with Crippen LogP contribution in [0.2, 0.25) is 10.3 Å². The Kier molecular flexibility index (Phi) is 5.05. The minimum atomic E-state index is -3.82. The highest BCUT2D eigenvalue weighted by Gasteiger charge is 2.18. The van der Waals surface area contributed by atoms with Crippen molar-refractivity contribution in [3.63, 3.8) is 0 Å². The molecule has 1 aromatic rings. The van der Waals surface area contributed by atoms with Crippen LogP contribution in [0.3, 0.4) is 0 Å². The molecule has 0 radical (unpaired) electrons. The first-order valence-corrected chi connectivity index (χ1v) is 9.48. The molecule has 1 N–H and O–H groups in total. The van der Waals surface area contributed by atoms with E-state index in [0.717, 1.165) is 6.26 Å². The zero-order valence-electron chi connectivity index (χ0n) is 10.1. The van der Waals surface area contributed by atoms with Gasteiger partial charge in [0.05, 0.1) is 17.2 Å². The third-order valence-electron chi connectivity index (χ3n) is 2.12. The maximum Gasteiger partial charge on any atom is 0.233 e. The lowest BCUT2D eigenvalue weighted by Crippen LogP contribution is -2.23. The smallest absolute Gasteiger partial charge is 0.233 e. The number of nitrogens with one attached hydrogen (secondary N) is 1. The molecular weight excluding hydrogens is 335 g/mol. The van der Waals surface area contributed by atoms with Gasteiger partial charge in [-0.3, -0.25) is 4.72 Å². The van der Waals surface area contributed by atoms with Gasteiger partial charge in [0, 0.05) is 6.26 Å². The fraction of sp³-hybridized carbons (Fsp3) is 0.444. The van der Waals surface area contributed by atoms with Gasteiger partial charge in [-0.15, -0.1) is 0 Å². The van der Waals surface area contributed by atoms with E-state index in [9.17, 15) is 16.8 Å². The molecule has 19 heavy (non-hydrogen) atoms. The summed E-state index contributed by atoms with van der Waals surface area (Å²) in [5, 5.41) is 0.0505. The van der Waals surface area contributed by atoms with Crippen LogP contribution in [0.1, 0.15) is 5.56 Å². The largest absolute Gasteiger partial charge is 0.280 e. The lowest BCUT2D eigenvalue weighted by atomic mass is 10.3. The van der Waals surface area contributed by atoms with Gasteiger partial charge in [0.2, 0.25) is 10.0 Å². The maximum absolute atomic E-state index is 11.7. The number of aromatic nitrogens is 1. The lowest BCUT2D eigenvalue weighted by molar-refractivity contribution is 0.593. The standard InChI is InChI=1S/C9H12Cl2N2O4S2/c1-6-5-7(10)12-9(11)8(6)13-19(16,17)4-3-18(2,14)15/h5,13H,3-4H2,1-2H3. The third kappa shape index (κ3) is 5.52. The second-order valence-corrected chi connectivity index (χ2v) is 8.83. The fourth-order valence-electron chi connectivity index (χ4n) is 1.19. The average molecular weight is 347 g/mol. The van der Waals surface area contributed by atoms with E-state index in [4.69, 9.17) is 23.2 Å². The quantitative estimate of drug-likeness (QED) is 0.815. The van der Waals surface area contributed by atoms with Crippen molar-refractivity contribution in [2.24, 2.45) is 0 Å². The number of halogens is 2. The Morgan fingerprint density at radius 2 is 1.79 bits per heavy atom. The maximum atomic E-state index is 11.7. The molecule has 6 nitrogen and oxygen atoms in total. The summed E-state index contributed by atoms with van der Waals surface area (Å²) in [6.07, 6.45) is 0.963. The summed E-state index contributed by atoms with van der Waals surface area (Å²) in [6, 6.07) is 1.45. The summed E-state index contributed by atoms with van der Waals surface area (Å²) in [6.45, 7) is 1.61. The van der Waals surface area contributed by atoms with Gasteiger partial charge in [-0.2, -0.15) is 0 Å². The van der Waals surface area contributed by atoms with E-state index < -0.39 is 31.4 Å². The van der Waals surface area contributed by atoms with E-state index in [1.54, 1.807) is 6.92 Å². The van der Waals surface area contributed by atoms with Gasteiger partial charge in [0.25, 0.3) is 0 Å². The first-order chi connectivity index (χ1) is 8.50. The summed E-state index contributed by atoms with van der Waals surface area (Å²) in [5.41, 5.74) is 0.590. The molecule has 0 atom stereocenters. The van der Waals surface area contributed by atoms with Crippen molar-refractivity contribution in [1.29, 1.82) is 0 Å². The topological polar surface area (TPSA) is 93.2 Å².